The Bertz CT molecular complexity index is 919. The van der Waals surface area contributed by atoms with Crippen molar-refractivity contribution in [2.45, 2.75) is 13.5 Å². The summed E-state index contributed by atoms with van der Waals surface area (Å²) in [5.74, 6) is -0.664. The van der Waals surface area contributed by atoms with E-state index in [1.807, 2.05) is 30.3 Å². The van der Waals surface area contributed by atoms with Crippen LogP contribution < -0.4 is 5.32 Å². The van der Waals surface area contributed by atoms with Crippen LogP contribution in [0, 0.1) is 6.92 Å². The number of hydrogen-bond donors (Lipinski definition) is 3. The van der Waals surface area contributed by atoms with Crippen LogP contribution in [-0.2, 0) is 6.54 Å². The third kappa shape index (κ3) is 3.98. The first-order chi connectivity index (χ1) is 12.0. The Hall–Kier alpha value is -3.27. The molecule has 3 rings (SSSR count). The van der Waals surface area contributed by atoms with Crippen molar-refractivity contribution in [2.75, 3.05) is 0 Å². The zero-order chi connectivity index (χ0) is 17.8. The zero-order valence-electron chi connectivity index (χ0n) is 13.9. The van der Waals surface area contributed by atoms with Crippen molar-refractivity contribution < 1.29 is 15.0 Å². The first-order valence-corrected chi connectivity index (χ1v) is 7.99. The molecule has 0 saturated heterocycles. The fourth-order valence-electron chi connectivity index (χ4n) is 2.67. The largest absolute Gasteiger partial charge is 0.508 e. The molecule has 1 amide bonds. The minimum atomic E-state index is -0.436. The standard InChI is InChI=1S/C21H19NO3/c1-14-4-2-6-16(10-14)17-7-3-5-15(11-17)13-22-21(25)19-12-18(23)8-9-20(19)24/h2-12,23-24H,13H2,1H3,(H,22,25). The number of hydrogen-bond acceptors (Lipinski definition) is 3. The topological polar surface area (TPSA) is 69.6 Å². The normalized spacial score (nSPS) is 10.4. The van der Waals surface area contributed by atoms with Gasteiger partial charge in [0.05, 0.1) is 5.56 Å². The van der Waals surface area contributed by atoms with Crippen molar-refractivity contribution >= 4 is 5.91 Å². The summed E-state index contributed by atoms with van der Waals surface area (Å²) in [6.07, 6.45) is 0. The molecular weight excluding hydrogens is 314 g/mol. The smallest absolute Gasteiger partial charge is 0.255 e. The van der Waals surface area contributed by atoms with Crippen LogP contribution in [0.15, 0.2) is 66.7 Å². The molecule has 3 N–H and O–H groups in total. The summed E-state index contributed by atoms with van der Waals surface area (Å²) < 4.78 is 0. The number of aromatic hydroxyl groups is 2. The highest BCUT2D eigenvalue weighted by Gasteiger charge is 2.11. The predicted octanol–water partition coefficient (Wildman–Crippen LogP) is 4.00. The zero-order valence-corrected chi connectivity index (χ0v) is 13.9. The van der Waals surface area contributed by atoms with Gasteiger partial charge in [0.1, 0.15) is 11.5 Å². The number of carbonyl (C=O) groups excluding carboxylic acids is 1. The van der Waals surface area contributed by atoms with Crippen molar-refractivity contribution in [1.82, 2.24) is 5.32 Å². The van der Waals surface area contributed by atoms with Crippen LogP contribution in [0.4, 0.5) is 0 Å². The average molecular weight is 333 g/mol. The van der Waals surface area contributed by atoms with Crippen LogP contribution in [-0.4, -0.2) is 16.1 Å². The SMILES string of the molecule is Cc1cccc(-c2cccc(CNC(=O)c3cc(O)ccc3O)c2)c1. The summed E-state index contributed by atoms with van der Waals surface area (Å²) in [4.78, 5) is 12.2. The quantitative estimate of drug-likeness (QED) is 0.632. The van der Waals surface area contributed by atoms with Crippen LogP contribution in [0.2, 0.25) is 0 Å². The number of phenolic OH excluding ortho intramolecular Hbond substituents is 2. The van der Waals surface area contributed by atoms with E-state index in [2.05, 4.69) is 30.4 Å². The summed E-state index contributed by atoms with van der Waals surface area (Å²) in [6, 6.07) is 20.0. The minimum Gasteiger partial charge on any atom is -0.508 e. The maximum atomic E-state index is 12.2. The van der Waals surface area contributed by atoms with Gasteiger partial charge in [-0.25, -0.2) is 0 Å². The Labute approximate surface area is 146 Å². The van der Waals surface area contributed by atoms with Crippen molar-refractivity contribution in [3.05, 3.63) is 83.4 Å². The number of carbonyl (C=O) groups is 1. The molecule has 0 fully saturated rings. The van der Waals surface area contributed by atoms with Gasteiger partial charge in [-0.05, 0) is 47.9 Å². The monoisotopic (exact) mass is 333 g/mol. The lowest BCUT2D eigenvalue weighted by Gasteiger charge is -2.09. The van der Waals surface area contributed by atoms with Gasteiger partial charge in [-0.1, -0.05) is 48.0 Å². The summed E-state index contributed by atoms with van der Waals surface area (Å²) in [6.45, 7) is 2.38. The Morgan fingerprint density at radius 3 is 2.40 bits per heavy atom. The van der Waals surface area contributed by atoms with E-state index < -0.39 is 5.91 Å². The molecule has 3 aromatic rings. The molecule has 0 saturated carbocycles. The lowest BCUT2D eigenvalue weighted by molar-refractivity contribution is 0.0948. The van der Waals surface area contributed by atoms with E-state index in [1.165, 1.54) is 23.8 Å². The predicted molar refractivity (Wildman–Crippen MR) is 97.6 cm³/mol. The van der Waals surface area contributed by atoms with Crippen LogP contribution in [0.3, 0.4) is 0 Å². The number of phenols is 2. The minimum absolute atomic E-state index is 0.0508. The summed E-state index contributed by atoms with van der Waals surface area (Å²) in [5, 5.41) is 22.0. The molecule has 0 aliphatic rings. The molecule has 0 atom stereocenters. The fourth-order valence-corrected chi connectivity index (χ4v) is 2.67. The van der Waals surface area contributed by atoms with Gasteiger partial charge in [-0.15, -0.1) is 0 Å². The van der Waals surface area contributed by atoms with E-state index in [-0.39, 0.29) is 17.1 Å². The molecule has 126 valence electrons. The lowest BCUT2D eigenvalue weighted by atomic mass is 10.0. The molecule has 0 bridgehead atoms. The highest BCUT2D eigenvalue weighted by Crippen LogP contribution is 2.23. The first kappa shape index (κ1) is 16.6. The van der Waals surface area contributed by atoms with Crippen molar-refractivity contribution in [2.24, 2.45) is 0 Å². The second kappa shape index (κ2) is 7.09. The van der Waals surface area contributed by atoms with Crippen molar-refractivity contribution in [1.29, 1.82) is 0 Å². The molecule has 0 unspecified atom stereocenters. The number of aryl methyl sites for hydroxylation is 1. The molecule has 4 heteroatoms. The number of amides is 1. The first-order valence-electron chi connectivity index (χ1n) is 7.99. The van der Waals surface area contributed by atoms with Crippen molar-refractivity contribution in [3.8, 4) is 22.6 Å². The second-order valence-corrected chi connectivity index (χ2v) is 5.95. The Morgan fingerprint density at radius 2 is 1.64 bits per heavy atom. The van der Waals surface area contributed by atoms with Gasteiger partial charge in [0.25, 0.3) is 5.91 Å². The molecule has 0 aromatic heterocycles. The third-order valence-corrected chi connectivity index (χ3v) is 3.96. The average Bonchev–Trinajstić information content (AvgIpc) is 2.62. The van der Waals surface area contributed by atoms with Gasteiger partial charge in [-0.3, -0.25) is 4.79 Å². The molecule has 3 aromatic carbocycles. The Balaban J connectivity index is 1.74. The molecular formula is C21H19NO3. The highest BCUT2D eigenvalue weighted by molar-refractivity contribution is 5.97. The molecule has 25 heavy (non-hydrogen) atoms. The summed E-state index contributed by atoms with van der Waals surface area (Å²) >= 11 is 0. The van der Waals surface area contributed by atoms with Crippen LogP contribution in [0.1, 0.15) is 21.5 Å². The molecule has 4 nitrogen and oxygen atoms in total. The molecule has 0 spiro atoms. The van der Waals surface area contributed by atoms with Crippen molar-refractivity contribution in [3.63, 3.8) is 0 Å². The van der Waals surface area contributed by atoms with Gasteiger partial charge in [0, 0.05) is 6.54 Å². The van der Waals surface area contributed by atoms with E-state index >= 15 is 0 Å². The van der Waals surface area contributed by atoms with Gasteiger partial charge < -0.3 is 15.5 Å². The third-order valence-electron chi connectivity index (χ3n) is 3.96. The van der Waals surface area contributed by atoms with E-state index in [1.54, 1.807) is 0 Å². The van der Waals surface area contributed by atoms with Crippen LogP contribution in [0.25, 0.3) is 11.1 Å². The van der Waals surface area contributed by atoms with Crippen LogP contribution >= 0.6 is 0 Å². The Kier molecular flexibility index (Phi) is 4.70. The number of rotatable bonds is 4. The lowest BCUT2D eigenvalue weighted by Crippen LogP contribution is -2.22. The fraction of sp³-hybridized carbons (Fsp3) is 0.0952. The Morgan fingerprint density at radius 1 is 0.920 bits per heavy atom. The molecule has 0 radical (unpaired) electrons. The van der Waals surface area contributed by atoms with Gasteiger partial charge in [0.15, 0.2) is 0 Å². The van der Waals surface area contributed by atoms with Crippen LogP contribution in [0.5, 0.6) is 11.5 Å². The van der Waals surface area contributed by atoms with Gasteiger partial charge >= 0.3 is 0 Å². The maximum absolute atomic E-state index is 12.2. The summed E-state index contributed by atoms with van der Waals surface area (Å²) in [5.41, 5.74) is 4.40. The molecule has 0 aliphatic carbocycles. The number of nitrogens with one attached hydrogen (secondary N) is 1. The number of benzene rings is 3. The van der Waals surface area contributed by atoms with E-state index in [9.17, 15) is 15.0 Å². The van der Waals surface area contributed by atoms with E-state index in [0.717, 1.165) is 16.7 Å². The highest BCUT2D eigenvalue weighted by atomic mass is 16.3. The second-order valence-electron chi connectivity index (χ2n) is 5.95. The van der Waals surface area contributed by atoms with Gasteiger partial charge in [-0.2, -0.15) is 0 Å². The maximum Gasteiger partial charge on any atom is 0.255 e. The summed E-state index contributed by atoms with van der Waals surface area (Å²) in [7, 11) is 0. The van der Waals surface area contributed by atoms with E-state index in [4.69, 9.17) is 0 Å². The molecule has 0 aliphatic heterocycles. The van der Waals surface area contributed by atoms with E-state index in [0.29, 0.717) is 6.54 Å². The van der Waals surface area contributed by atoms with Gasteiger partial charge in [0.2, 0.25) is 0 Å². The molecule has 0 heterocycles.